The number of hydrogen-bond acceptors (Lipinski definition) is 7. The fourth-order valence-corrected chi connectivity index (χ4v) is 7.36. The van der Waals surface area contributed by atoms with Crippen molar-refractivity contribution in [3.63, 3.8) is 0 Å². The Balaban J connectivity index is 1.22. The molecule has 48 heavy (non-hydrogen) atoms. The number of thiazole rings is 1. The van der Waals surface area contributed by atoms with Crippen LogP contribution in [0.1, 0.15) is 26.7 Å². The van der Waals surface area contributed by atoms with Gasteiger partial charge in [0.05, 0.1) is 10.6 Å². The van der Waals surface area contributed by atoms with Crippen LogP contribution in [0.4, 0.5) is 10.8 Å². The van der Waals surface area contributed by atoms with Crippen molar-refractivity contribution in [2.75, 3.05) is 10.6 Å². The number of halogens is 1. The quantitative estimate of drug-likeness (QED) is 0.0921. The average Bonchev–Trinajstić information content (AvgIpc) is 3.82. The molecular weight excluding hydrogens is 680 g/mol. The lowest BCUT2D eigenvalue weighted by Crippen LogP contribution is -2.30. The molecule has 238 valence electrons. The zero-order valence-electron chi connectivity index (χ0n) is 25.1. The first kappa shape index (κ1) is 32.9. The molecule has 6 aromatic rings. The van der Waals surface area contributed by atoms with Crippen molar-refractivity contribution >= 4 is 80.7 Å². The third-order valence-electron chi connectivity index (χ3n) is 6.93. The van der Waals surface area contributed by atoms with E-state index in [0.717, 1.165) is 21.0 Å². The molecule has 7 nitrogen and oxygen atoms in total. The van der Waals surface area contributed by atoms with Gasteiger partial charge in [0.25, 0.3) is 11.8 Å². The molecule has 6 rings (SSSR count). The molecule has 0 saturated heterocycles. The topological polar surface area (TPSA) is 100 Å². The van der Waals surface area contributed by atoms with Gasteiger partial charge in [0.2, 0.25) is 5.91 Å². The number of amides is 3. The molecule has 1 unspecified atom stereocenters. The van der Waals surface area contributed by atoms with Crippen molar-refractivity contribution in [2.45, 2.75) is 10.1 Å². The Morgan fingerprint density at radius 2 is 1.54 bits per heavy atom. The first-order valence-corrected chi connectivity index (χ1v) is 17.7. The summed E-state index contributed by atoms with van der Waals surface area (Å²) < 4.78 is 0. The van der Waals surface area contributed by atoms with Crippen molar-refractivity contribution in [3.8, 4) is 10.6 Å². The zero-order valence-corrected chi connectivity index (χ0v) is 28.3. The summed E-state index contributed by atoms with van der Waals surface area (Å²) in [5, 5.41) is 12.9. The van der Waals surface area contributed by atoms with E-state index in [4.69, 9.17) is 11.6 Å². The minimum absolute atomic E-state index is 0.0157. The van der Waals surface area contributed by atoms with Gasteiger partial charge in [-0.25, -0.2) is 4.98 Å². The van der Waals surface area contributed by atoms with Gasteiger partial charge < -0.3 is 16.0 Å². The van der Waals surface area contributed by atoms with Gasteiger partial charge in [-0.3, -0.25) is 14.4 Å². The summed E-state index contributed by atoms with van der Waals surface area (Å²) >= 11 is 10.7. The minimum Gasteiger partial charge on any atom is -0.321 e. The number of nitrogens with one attached hydrogen (secondary N) is 3. The molecule has 0 radical (unpaired) electrons. The van der Waals surface area contributed by atoms with Crippen LogP contribution in [0.15, 0.2) is 143 Å². The Kier molecular flexibility index (Phi) is 10.8. The Morgan fingerprint density at radius 1 is 0.792 bits per heavy atom. The fraction of sp³-hybridized carbons (Fsp3) is 0.0270. The molecular formula is C37H27ClN4O3S3. The summed E-state index contributed by atoms with van der Waals surface area (Å²) in [6.45, 7) is 0. The molecule has 3 N–H and O–H groups in total. The SMILES string of the molecule is O=C(Nc1cccc(SC(C(=O)Nc2nc(-c3cccs3)cs2)c2ccccc2)c1)/C(=C\c1ccccc1Cl)NC(=O)c1ccccc1. The number of hydrogen-bond donors (Lipinski definition) is 3. The van der Waals surface area contributed by atoms with E-state index in [0.29, 0.717) is 27.0 Å². The molecule has 4 aromatic carbocycles. The van der Waals surface area contributed by atoms with Gasteiger partial charge >= 0.3 is 0 Å². The second-order valence-electron chi connectivity index (χ2n) is 10.3. The molecule has 0 aliphatic rings. The average molecular weight is 707 g/mol. The molecule has 2 aromatic heterocycles. The number of anilines is 2. The summed E-state index contributed by atoms with van der Waals surface area (Å²) in [7, 11) is 0. The molecule has 0 bridgehead atoms. The smallest absolute Gasteiger partial charge is 0.272 e. The highest BCUT2D eigenvalue weighted by Gasteiger charge is 2.24. The Labute approximate surface area is 294 Å². The maximum atomic E-state index is 13.7. The van der Waals surface area contributed by atoms with Crippen LogP contribution in [0.2, 0.25) is 5.02 Å². The number of aromatic nitrogens is 1. The highest BCUT2D eigenvalue weighted by molar-refractivity contribution is 8.00. The highest BCUT2D eigenvalue weighted by Crippen LogP contribution is 2.38. The summed E-state index contributed by atoms with van der Waals surface area (Å²) in [6, 6.07) is 36.3. The summed E-state index contributed by atoms with van der Waals surface area (Å²) in [5.74, 6) is -1.20. The van der Waals surface area contributed by atoms with Crippen LogP contribution < -0.4 is 16.0 Å². The Morgan fingerprint density at radius 3 is 2.29 bits per heavy atom. The van der Waals surface area contributed by atoms with E-state index >= 15 is 0 Å². The van der Waals surface area contributed by atoms with E-state index < -0.39 is 17.1 Å². The molecule has 11 heteroatoms. The van der Waals surface area contributed by atoms with Crippen LogP contribution in [-0.4, -0.2) is 22.7 Å². The lowest BCUT2D eigenvalue weighted by Gasteiger charge is -2.17. The van der Waals surface area contributed by atoms with Crippen LogP contribution in [0.5, 0.6) is 0 Å². The molecule has 0 aliphatic heterocycles. The number of rotatable bonds is 11. The Bertz CT molecular complexity index is 2070. The summed E-state index contributed by atoms with van der Waals surface area (Å²) in [6.07, 6.45) is 1.54. The van der Waals surface area contributed by atoms with Gasteiger partial charge in [0, 0.05) is 26.5 Å². The maximum absolute atomic E-state index is 13.7. The highest BCUT2D eigenvalue weighted by atomic mass is 35.5. The van der Waals surface area contributed by atoms with Crippen molar-refractivity contribution < 1.29 is 14.4 Å². The lowest BCUT2D eigenvalue weighted by atomic mass is 10.1. The van der Waals surface area contributed by atoms with E-state index in [9.17, 15) is 14.4 Å². The maximum Gasteiger partial charge on any atom is 0.272 e. The number of benzene rings is 4. The normalized spacial score (nSPS) is 11.8. The largest absolute Gasteiger partial charge is 0.321 e. The minimum atomic E-state index is -0.605. The molecule has 0 aliphatic carbocycles. The molecule has 3 amide bonds. The van der Waals surface area contributed by atoms with E-state index in [1.54, 1.807) is 78.1 Å². The van der Waals surface area contributed by atoms with Gasteiger partial charge in [-0.1, -0.05) is 90.5 Å². The monoisotopic (exact) mass is 706 g/mol. The van der Waals surface area contributed by atoms with Gasteiger partial charge in [0.15, 0.2) is 5.13 Å². The van der Waals surface area contributed by atoms with E-state index in [2.05, 4.69) is 20.9 Å². The Hall–Kier alpha value is -5.00. The fourth-order valence-electron chi connectivity index (χ4n) is 4.61. The predicted octanol–water partition coefficient (Wildman–Crippen LogP) is 9.41. The molecule has 0 fully saturated rings. The zero-order chi connectivity index (χ0) is 33.3. The van der Waals surface area contributed by atoms with Crippen LogP contribution in [0, 0.1) is 0 Å². The number of nitrogens with zero attached hydrogens (tertiary/aromatic N) is 1. The number of carbonyl (C=O) groups excluding carboxylic acids is 3. The van der Waals surface area contributed by atoms with Gasteiger partial charge in [-0.05, 0) is 65.0 Å². The first-order valence-electron chi connectivity index (χ1n) is 14.7. The standard InChI is InChI=1S/C37H27ClN4O3S3/c38-29-18-8-7-15-26(29)21-30(40-34(43)25-13-5-2-6-14-25)35(44)39-27-16-9-17-28(22-27)48-33(24-11-3-1-4-12-24)36(45)42-37-41-31(23-47-37)32-19-10-20-46-32/h1-23,33H,(H,39,44)(H,40,43)(H,41,42,45)/b30-21+. The van der Waals surface area contributed by atoms with E-state index in [-0.39, 0.29) is 11.6 Å². The summed E-state index contributed by atoms with van der Waals surface area (Å²) in [5.41, 5.74) is 3.11. The third-order valence-corrected chi connectivity index (χ3v) is 10.2. The van der Waals surface area contributed by atoms with Gasteiger partial charge in [-0.2, -0.15) is 0 Å². The second-order valence-corrected chi connectivity index (χ2v) is 13.7. The third kappa shape index (κ3) is 8.47. The van der Waals surface area contributed by atoms with Crippen molar-refractivity contribution in [1.82, 2.24) is 10.3 Å². The van der Waals surface area contributed by atoms with Crippen LogP contribution in [0.3, 0.4) is 0 Å². The van der Waals surface area contributed by atoms with E-state index in [1.165, 1.54) is 29.2 Å². The molecule has 0 saturated carbocycles. The molecule has 2 heterocycles. The van der Waals surface area contributed by atoms with Crippen molar-refractivity contribution in [1.29, 1.82) is 0 Å². The van der Waals surface area contributed by atoms with Gasteiger partial charge in [-0.15, -0.1) is 34.4 Å². The van der Waals surface area contributed by atoms with E-state index in [1.807, 2.05) is 65.4 Å². The van der Waals surface area contributed by atoms with Crippen LogP contribution in [0.25, 0.3) is 16.6 Å². The summed E-state index contributed by atoms with van der Waals surface area (Å²) in [4.78, 5) is 46.8. The van der Waals surface area contributed by atoms with Crippen LogP contribution in [-0.2, 0) is 9.59 Å². The number of thiophene rings is 1. The van der Waals surface area contributed by atoms with Crippen molar-refractivity contribution in [3.05, 3.63) is 159 Å². The molecule has 0 spiro atoms. The van der Waals surface area contributed by atoms with Crippen molar-refractivity contribution in [2.24, 2.45) is 0 Å². The predicted molar refractivity (Wildman–Crippen MR) is 198 cm³/mol. The molecule has 1 atom stereocenters. The van der Waals surface area contributed by atoms with Crippen LogP contribution >= 0.6 is 46.0 Å². The second kappa shape index (κ2) is 15.7. The number of thioether (sulfide) groups is 1. The number of carbonyl (C=O) groups is 3. The lowest BCUT2D eigenvalue weighted by molar-refractivity contribution is -0.116. The first-order chi connectivity index (χ1) is 23.4. The van der Waals surface area contributed by atoms with Gasteiger partial charge in [0.1, 0.15) is 10.9 Å².